The fraction of sp³-hybridized carbons (Fsp3) is 1.00. The molecule has 852 valence electrons. The summed E-state index contributed by atoms with van der Waals surface area (Å²) in [6.45, 7) is 103. The van der Waals surface area contributed by atoms with Crippen LogP contribution in [-0.2, 0) is 77.8 Å². The van der Waals surface area contributed by atoms with Crippen LogP contribution >= 0.6 is 0 Å². The first-order chi connectivity index (χ1) is 63.0. The second-order valence-electron chi connectivity index (χ2n) is 51.5. The Labute approximate surface area is 878 Å². The van der Waals surface area contributed by atoms with Crippen molar-refractivity contribution in [3.8, 4) is 0 Å². The van der Waals surface area contributed by atoms with E-state index in [2.05, 4.69) is 282 Å². The van der Waals surface area contributed by atoms with Gasteiger partial charge in [0.1, 0.15) is 12.2 Å². The molecule has 0 radical (unpaired) electrons. The predicted octanol–water partition coefficient (Wildman–Crippen LogP) is 20.0. The molecule has 0 aromatic carbocycles. The molecule has 0 amide bonds. The zero-order valence-corrected chi connectivity index (χ0v) is 117. The van der Waals surface area contributed by atoms with E-state index in [1.807, 2.05) is 13.8 Å². The van der Waals surface area contributed by atoms with E-state index in [0.717, 1.165) is 94.1 Å². The van der Waals surface area contributed by atoms with Gasteiger partial charge >= 0.3 is 51.4 Å². The van der Waals surface area contributed by atoms with Crippen molar-refractivity contribution >= 4 is 151 Å². The number of rotatable bonds is 77. The number of unbranched alkanes of at least 4 members (excludes halogenated alkanes) is 4. The van der Waals surface area contributed by atoms with Crippen molar-refractivity contribution in [1.29, 1.82) is 0 Å². The Balaban J connectivity index is -0.000000385. The molecule has 1 unspecified atom stereocenters. The molecule has 0 aliphatic heterocycles. The number of ether oxygens (including phenoxy) is 6. The monoisotopic (exact) mass is 2320 g/mol. The van der Waals surface area contributed by atoms with Crippen LogP contribution < -0.4 is 0 Å². The largest absolute Gasteiger partial charge is 0.437 e. The van der Waals surface area contributed by atoms with Gasteiger partial charge in [-0.15, -0.1) is 0 Å². The van der Waals surface area contributed by atoms with Crippen LogP contribution in [0.4, 0.5) is 0 Å². The van der Waals surface area contributed by atoms with E-state index in [0.29, 0.717) is 72.5 Å². The van der Waals surface area contributed by atoms with Gasteiger partial charge in [0.25, 0.3) is 0 Å². The molecule has 140 heavy (non-hydrogen) atoms. The standard InChI is InChI=1S/2C17H42O5Si3.C16H40O5Si3.C15H38O5Si3.C14H36O5Si3.C13H34O5Si3/c1-23(2,3)21-25(7,22-24(4,5)6)14-12-10-8-9-11-13-20-16-17(19)15-18;1-9-11-17(14-18,15-19)16-20-12-10-13-25(8,21-23(2,3)4)22-24(5,6)7;1-9-16(13-17,14-18)15-19-11-10-12-24(8,20-22(2,3)4)21-23(5,6)7;1-15(12-16,13-17)14-18-10-9-11-23(8,19-21(2,3)4)20-22(5,6)7;1-20(2,3)18-22(7,19-21(4,5)6)10-8-9-17-13-14(11-15)12-16;1-19(2,3)17-21(7,18-20(4,5)6)10-8-9-16-13(11-14)12-15/h17-19H,8-16H2,1-7H3;18-19H,9-16H2,1-8H3;17-18H,9-15H2,1-8H3;16-17H,9-14H2,1-8H3;14-16H,8-13H2,1-7H3;13-15H,8-12H2,1-7H3. The number of hydrogen-bond donors (Lipinski definition) is 12. The zero-order valence-electron chi connectivity index (χ0n) is 98.9. The molecule has 0 aromatic heterocycles. The minimum absolute atomic E-state index is 0.0404. The summed E-state index contributed by atoms with van der Waals surface area (Å²) >= 11 is 0. The number of hydrogen-bond acceptors (Lipinski definition) is 30. The fourth-order valence-electron chi connectivity index (χ4n) is 15.6. The second-order valence-corrected chi connectivity index (χ2v) is 129. The molecular formula is C92H232O30Si18. The molecule has 0 saturated carbocycles. The lowest BCUT2D eigenvalue weighted by molar-refractivity contribution is -0.0330. The molecular weight excluding hydrogens is 2090 g/mol. The van der Waals surface area contributed by atoms with E-state index in [9.17, 15) is 35.7 Å². The van der Waals surface area contributed by atoms with Crippen LogP contribution in [0.15, 0.2) is 0 Å². The Morgan fingerprint density at radius 3 is 0.679 bits per heavy atom. The van der Waals surface area contributed by atoms with Crippen LogP contribution in [0, 0.1) is 22.2 Å². The number of aliphatic hydroxyl groups excluding tert-OH is 12. The van der Waals surface area contributed by atoms with Crippen molar-refractivity contribution in [2.24, 2.45) is 22.2 Å². The average Bonchev–Trinajstić information content (AvgIpc) is 0.854. The minimum atomic E-state index is -2.20. The first-order valence-corrected chi connectivity index (χ1v) is 108. The Morgan fingerprint density at radius 2 is 0.450 bits per heavy atom. The first-order valence-electron chi connectivity index (χ1n) is 52.3. The normalized spacial score (nSPS) is 14.2. The molecule has 0 rings (SSSR count). The van der Waals surface area contributed by atoms with Gasteiger partial charge in [-0.25, -0.2) is 0 Å². The van der Waals surface area contributed by atoms with E-state index in [-0.39, 0.29) is 85.2 Å². The highest BCUT2D eigenvalue weighted by molar-refractivity contribution is 6.92. The number of aliphatic hydroxyl groups is 12. The molecule has 0 spiro atoms. The van der Waals surface area contributed by atoms with Crippen LogP contribution in [0.3, 0.4) is 0 Å². The summed E-state index contributed by atoms with van der Waals surface area (Å²) in [7, 11) is -32.7. The third kappa shape index (κ3) is 95.4. The minimum Gasteiger partial charge on any atom is -0.437 e. The molecule has 0 bridgehead atoms. The van der Waals surface area contributed by atoms with E-state index in [1.165, 1.54) is 19.3 Å². The van der Waals surface area contributed by atoms with Gasteiger partial charge in [-0.05, 0) is 363 Å². The Hall–Kier alpha value is 2.70. The van der Waals surface area contributed by atoms with Crippen molar-refractivity contribution < 1.29 is 139 Å². The Morgan fingerprint density at radius 1 is 0.229 bits per heavy atom. The Kier molecular flexibility index (Phi) is 79.4. The molecule has 0 saturated heterocycles. The van der Waals surface area contributed by atoms with Gasteiger partial charge < -0.3 is 139 Å². The molecule has 30 nitrogen and oxygen atoms in total. The van der Waals surface area contributed by atoms with Crippen LogP contribution in [0.1, 0.15) is 104 Å². The van der Waals surface area contributed by atoms with Gasteiger partial charge in [0, 0.05) is 61.8 Å². The first kappa shape index (κ1) is 153. The van der Waals surface area contributed by atoms with E-state index < -0.39 is 180 Å². The summed E-state index contributed by atoms with van der Waals surface area (Å²) in [6, 6.07) is 5.63. The molecule has 0 aromatic rings. The molecule has 0 aliphatic rings. The SMILES string of the molecule is CC(CO)(CO)COCCC[Si](C)(O[Si](C)(C)C)O[Si](C)(C)C.CCC(CO)(CO)COCCC[Si](C)(O[Si](C)(C)C)O[Si](C)(C)C.CCCC(CO)(CO)COCCC[Si](C)(O[Si](C)(C)C)O[Si](C)(C)C.C[Si](C)(C)O[Si](C)(CCCCCCCOCC(O)CO)O[Si](C)(C)C.C[Si](C)(C)O[Si](C)(CCCOC(CO)CO)O[Si](C)(C)C.C[Si](C)(C)O[Si](C)(CCCOCC(CO)CO)O[Si](C)(C)C. The van der Waals surface area contributed by atoms with Gasteiger partial charge in [-0.3, -0.25) is 0 Å². The maximum absolute atomic E-state index is 9.58. The van der Waals surface area contributed by atoms with Crippen molar-refractivity contribution in [1.82, 2.24) is 0 Å². The molecule has 0 heterocycles. The molecule has 1 atom stereocenters. The lowest BCUT2D eigenvalue weighted by Crippen LogP contribution is -2.52. The van der Waals surface area contributed by atoms with Crippen molar-refractivity contribution in [2.75, 3.05) is 145 Å². The van der Waals surface area contributed by atoms with E-state index >= 15 is 0 Å². The zero-order chi connectivity index (χ0) is 111. The van der Waals surface area contributed by atoms with Crippen molar-refractivity contribution in [3.05, 3.63) is 0 Å². The lowest BCUT2D eigenvalue weighted by Gasteiger charge is -2.38. The van der Waals surface area contributed by atoms with Crippen LogP contribution in [0.2, 0.25) is 311 Å². The maximum atomic E-state index is 9.58. The highest BCUT2D eigenvalue weighted by atomic mass is 28.5. The smallest absolute Gasteiger partial charge is 0.314 e. The quantitative estimate of drug-likeness (QED) is 0.0199. The molecule has 0 fully saturated rings. The summed E-state index contributed by atoms with van der Waals surface area (Å²) in [5, 5.41) is 110. The van der Waals surface area contributed by atoms with Gasteiger partial charge in [0.2, 0.25) is 0 Å². The van der Waals surface area contributed by atoms with Crippen LogP contribution in [0.5, 0.6) is 0 Å². The molecule has 48 heteroatoms. The summed E-state index contributed by atoms with van der Waals surface area (Å²) in [6.07, 6.45) is 11.2. The summed E-state index contributed by atoms with van der Waals surface area (Å²) < 4.78 is 111. The molecule has 0 aliphatic carbocycles. The topological polar surface area (TPSA) is 409 Å². The van der Waals surface area contributed by atoms with Crippen molar-refractivity contribution in [3.63, 3.8) is 0 Å². The van der Waals surface area contributed by atoms with Crippen LogP contribution in [-0.4, -0.2) is 370 Å². The second kappa shape index (κ2) is 72.5. The maximum Gasteiger partial charge on any atom is 0.314 e. The summed E-state index contributed by atoms with van der Waals surface area (Å²) in [5.74, 6) is -0.180. The predicted molar refractivity (Wildman–Crippen MR) is 627 cm³/mol. The van der Waals surface area contributed by atoms with Crippen LogP contribution in [0.25, 0.3) is 0 Å². The van der Waals surface area contributed by atoms with E-state index in [4.69, 9.17) is 103 Å². The third-order valence-corrected chi connectivity index (χ3v) is 77.4. The van der Waals surface area contributed by atoms with Crippen molar-refractivity contribution in [2.45, 2.75) is 428 Å². The molecule has 12 N–H and O–H groups in total. The van der Waals surface area contributed by atoms with E-state index in [1.54, 1.807) is 0 Å². The fourth-order valence-corrected chi connectivity index (χ4v) is 90.7. The third-order valence-electron chi connectivity index (χ3n) is 19.7. The Bertz CT molecular complexity index is 2870. The van der Waals surface area contributed by atoms with Gasteiger partial charge in [0.05, 0.1) is 106 Å². The lowest BCUT2D eigenvalue weighted by atomic mass is 9.86. The average molecular weight is 2320 g/mol. The van der Waals surface area contributed by atoms with Gasteiger partial charge in [-0.2, -0.15) is 0 Å². The van der Waals surface area contributed by atoms with Gasteiger partial charge in [0.15, 0.2) is 99.8 Å². The summed E-state index contributed by atoms with van der Waals surface area (Å²) in [4.78, 5) is 0. The highest BCUT2D eigenvalue weighted by Gasteiger charge is 2.47. The summed E-state index contributed by atoms with van der Waals surface area (Å²) in [5.41, 5.74) is -1.60. The van der Waals surface area contributed by atoms with Gasteiger partial charge in [-0.1, -0.05) is 52.9 Å². The highest BCUT2D eigenvalue weighted by Crippen LogP contribution is 2.34.